The first-order valence-corrected chi connectivity index (χ1v) is 16.3. The van der Waals surface area contributed by atoms with E-state index in [2.05, 4.69) is 113 Å². The van der Waals surface area contributed by atoms with Crippen LogP contribution in [0.5, 0.6) is 11.5 Å². The first-order chi connectivity index (χ1) is 28.2. The summed E-state index contributed by atoms with van der Waals surface area (Å²) in [6.45, 7) is -7.32. The van der Waals surface area contributed by atoms with Crippen LogP contribution in [0.1, 0.15) is 29.0 Å². The van der Waals surface area contributed by atoms with Gasteiger partial charge in [0.15, 0.2) is 0 Å². The van der Waals surface area contributed by atoms with Crippen LogP contribution < -0.4 is 21.1 Å². The number of nitrogens with zero attached hydrogens (tertiary/aromatic N) is 3. The Morgan fingerprint density at radius 1 is 0.745 bits per heavy atom. The van der Waals surface area contributed by atoms with E-state index in [-0.39, 0.29) is 49.2 Å². The second kappa shape index (κ2) is 12.1. The minimum atomic E-state index is -2.61. The molecule has 0 unspecified atom stereocenters. The first kappa shape index (κ1) is 23.0. The summed E-state index contributed by atoms with van der Waals surface area (Å²) < 4.78 is 75.6. The normalized spacial score (nSPS) is 15.5. The maximum Gasteiger partial charge on any atom is 0.201 e. The first-order valence-electron chi connectivity index (χ1n) is 20.8. The molecule has 0 saturated heterocycles. The van der Waals surface area contributed by atoms with Gasteiger partial charge in [-0.15, -0.1) is 53.0 Å². The van der Waals surface area contributed by atoms with Crippen molar-refractivity contribution in [2.45, 2.75) is 20.6 Å². The number of para-hydroxylation sites is 4. The van der Waals surface area contributed by atoms with E-state index in [1.54, 1.807) is 0 Å². The van der Waals surface area contributed by atoms with Crippen LogP contribution in [-0.2, 0) is 20.1 Å². The van der Waals surface area contributed by atoms with Gasteiger partial charge >= 0.3 is 0 Å². The van der Waals surface area contributed by atoms with E-state index in [1.165, 1.54) is 62.6 Å². The summed E-state index contributed by atoms with van der Waals surface area (Å²) in [6.07, 6.45) is 1.02. The summed E-state index contributed by atoms with van der Waals surface area (Å²) in [5.74, 6) is 1.89. The third-order valence-corrected chi connectivity index (χ3v) is 9.74. The van der Waals surface area contributed by atoms with Gasteiger partial charge in [0.2, 0.25) is 6.71 Å². The van der Waals surface area contributed by atoms with E-state index in [9.17, 15) is 0 Å². The summed E-state index contributed by atoms with van der Waals surface area (Å²) in [7, 11) is 0. The molecule has 0 saturated carbocycles. The molecule has 4 nitrogen and oxygen atoms in total. The minimum absolute atomic E-state index is 0. The molecule has 0 N–H and O–H groups in total. The maximum atomic E-state index is 7.54. The maximum absolute atomic E-state index is 7.54. The molecule has 6 heteroatoms. The van der Waals surface area contributed by atoms with Gasteiger partial charge in [-0.2, -0.15) is 0 Å². The Balaban J connectivity index is 0.000000164. The molecule has 11 rings (SSSR count). The van der Waals surface area contributed by atoms with Gasteiger partial charge in [-0.25, -0.2) is 0 Å². The second-order valence-electron chi connectivity index (χ2n) is 12.5. The molecule has 3 aromatic heterocycles. The number of aryl methyl sites for hydroxylation is 3. The standard InChI is InChI=1S/C31H16BN2O.C14H14N.Ir/c1-4-12-24-18(8-1)28-20(31-33-23-11-3-5-13-25(23)34(24)31)16-17-22-29(28)19-9-7-15-27-30(19)32(22)21-10-2-6-14-26(21)35-27;1-10-4-6-13(7-5-10)14-8-11(2)12(3)9-15-14;/h1-15,17H;4-6,8-9H,1-3H3;/q2*-1;/i;1D3,2D3,3D3;. The van der Waals surface area contributed by atoms with Crippen LogP contribution in [-0.4, -0.2) is 21.1 Å². The molecule has 0 fully saturated rings. The number of rotatable bonds is 1. The molecule has 0 atom stereocenters. The van der Waals surface area contributed by atoms with Crippen LogP contribution in [0.4, 0.5) is 0 Å². The van der Waals surface area contributed by atoms with Crippen molar-refractivity contribution in [1.82, 2.24) is 14.4 Å². The predicted molar refractivity (Wildman–Crippen MR) is 206 cm³/mol. The summed E-state index contributed by atoms with van der Waals surface area (Å²) in [4.78, 5) is 9.09. The molecule has 0 bridgehead atoms. The van der Waals surface area contributed by atoms with Gasteiger partial charge in [-0.1, -0.05) is 95.5 Å². The second-order valence-corrected chi connectivity index (χ2v) is 12.5. The molecule has 51 heavy (non-hydrogen) atoms. The van der Waals surface area contributed by atoms with Crippen LogP contribution in [0.2, 0.25) is 0 Å². The van der Waals surface area contributed by atoms with Crippen molar-refractivity contribution in [2.75, 3.05) is 0 Å². The number of aromatic nitrogens is 3. The Morgan fingerprint density at radius 3 is 2.43 bits per heavy atom. The Hall–Kier alpha value is -5.55. The summed E-state index contributed by atoms with van der Waals surface area (Å²) >= 11 is 0. The van der Waals surface area contributed by atoms with Gasteiger partial charge in [0.1, 0.15) is 11.5 Å². The van der Waals surface area contributed by atoms with Gasteiger partial charge in [-0.05, 0) is 77.2 Å². The van der Waals surface area contributed by atoms with E-state index in [0.717, 1.165) is 45.3 Å². The zero-order valence-corrected chi connectivity index (χ0v) is 29.2. The minimum Gasteiger partial charge on any atom is -0.459 e. The van der Waals surface area contributed by atoms with Crippen LogP contribution in [0.15, 0.2) is 128 Å². The number of pyridine rings is 2. The molecule has 0 aliphatic carbocycles. The molecule has 0 amide bonds. The zero-order valence-electron chi connectivity index (χ0n) is 35.8. The van der Waals surface area contributed by atoms with E-state index >= 15 is 0 Å². The number of imidazole rings is 1. The fraction of sp³-hybridized carbons (Fsp3) is 0.0667. The number of ether oxygens (including phenoxy) is 1. The Labute approximate surface area is 322 Å². The molecule has 5 heterocycles. The van der Waals surface area contributed by atoms with Crippen molar-refractivity contribution in [3.8, 4) is 33.9 Å². The molecule has 9 aromatic rings. The average molecular weight is 841 g/mol. The summed E-state index contributed by atoms with van der Waals surface area (Å²) in [5, 5.41) is 3.50. The Kier molecular flexibility index (Phi) is 5.44. The number of hydrogen-bond donors (Lipinski definition) is 0. The van der Waals surface area contributed by atoms with Gasteiger partial charge in [0.05, 0.1) is 16.7 Å². The smallest absolute Gasteiger partial charge is 0.201 e. The van der Waals surface area contributed by atoms with Crippen LogP contribution in [0, 0.1) is 32.7 Å². The van der Waals surface area contributed by atoms with E-state index in [1.807, 2.05) is 6.07 Å². The molecule has 6 aromatic carbocycles. The van der Waals surface area contributed by atoms with E-state index < -0.39 is 20.6 Å². The van der Waals surface area contributed by atoms with Crippen LogP contribution in [0.3, 0.4) is 0 Å². The Morgan fingerprint density at radius 2 is 1.57 bits per heavy atom. The molecule has 2 aliphatic rings. The average Bonchev–Trinajstić information content (AvgIpc) is 3.78. The molecular weight excluding hydrogens is 802 g/mol. The van der Waals surface area contributed by atoms with Gasteiger partial charge in [0, 0.05) is 44.2 Å². The topological polar surface area (TPSA) is 39.4 Å². The quantitative estimate of drug-likeness (QED) is 0.0945. The molecule has 1 radical (unpaired) electrons. The monoisotopic (exact) mass is 841 g/mol. The molecular formula is C45H30BIrN3O-2. The molecule has 2 aliphatic heterocycles. The van der Waals surface area contributed by atoms with Crippen molar-refractivity contribution in [2.24, 2.45) is 0 Å². The molecule has 245 valence electrons. The van der Waals surface area contributed by atoms with Crippen molar-refractivity contribution in [1.29, 1.82) is 0 Å². The van der Waals surface area contributed by atoms with Crippen molar-refractivity contribution >= 4 is 61.5 Å². The SMILES string of the molecule is [2H]C([2H])([2H])c1c[c-]c(-c2cc(C([2H])([2H])[2H])c(C([2H])([2H])[2H])cn2)cc1.[Ir].[c-]1cc2c(c3c1c1nc4ccccc4n1c1ccccc31)-c1cccc3c1B2c1ccccc1O3. The summed E-state index contributed by atoms with van der Waals surface area (Å²) in [6, 6.07) is 45.9. The largest absolute Gasteiger partial charge is 0.459 e. The number of fused-ring (bicyclic) bond motifs is 14. The predicted octanol–water partition coefficient (Wildman–Crippen LogP) is 8.67. The van der Waals surface area contributed by atoms with Gasteiger partial charge in [-0.3, -0.25) is 4.98 Å². The fourth-order valence-electron chi connectivity index (χ4n) is 7.59. The van der Waals surface area contributed by atoms with Crippen molar-refractivity contribution in [3.63, 3.8) is 0 Å². The van der Waals surface area contributed by atoms with Gasteiger partial charge < -0.3 is 14.1 Å². The van der Waals surface area contributed by atoms with Crippen LogP contribution >= 0.6 is 0 Å². The Bertz CT molecular complexity index is 3180. The third kappa shape index (κ3) is 4.78. The number of hydrogen-bond acceptors (Lipinski definition) is 3. The van der Waals surface area contributed by atoms with Gasteiger partial charge in [0.25, 0.3) is 0 Å². The van der Waals surface area contributed by atoms with Crippen molar-refractivity contribution < 1.29 is 37.2 Å². The van der Waals surface area contributed by atoms with E-state index in [4.69, 9.17) is 22.1 Å². The van der Waals surface area contributed by atoms with Crippen LogP contribution in [0.25, 0.3) is 60.7 Å². The third-order valence-electron chi connectivity index (χ3n) is 9.74. The molecule has 0 spiro atoms. The fourth-order valence-corrected chi connectivity index (χ4v) is 7.59. The van der Waals surface area contributed by atoms with Crippen molar-refractivity contribution in [3.05, 3.63) is 156 Å². The van der Waals surface area contributed by atoms with E-state index in [0.29, 0.717) is 5.56 Å². The number of benzene rings is 6. The zero-order chi connectivity index (χ0) is 41.0. The summed E-state index contributed by atoms with van der Waals surface area (Å²) in [5.41, 5.74) is 10.6.